The molecule has 0 amide bonds. The predicted molar refractivity (Wildman–Crippen MR) is 80.0 cm³/mol. The predicted octanol–water partition coefficient (Wildman–Crippen LogP) is 2.54. The lowest BCUT2D eigenvalue weighted by molar-refractivity contribution is 0.600. The third-order valence-electron chi connectivity index (χ3n) is 3.23. The summed E-state index contributed by atoms with van der Waals surface area (Å²) in [7, 11) is -3.20. The van der Waals surface area contributed by atoms with Gasteiger partial charge in [0.15, 0.2) is 9.84 Å². The van der Waals surface area contributed by atoms with E-state index >= 15 is 0 Å². The van der Waals surface area contributed by atoms with Crippen molar-refractivity contribution in [3.8, 4) is 0 Å². The highest BCUT2D eigenvalue weighted by Gasteiger charge is 2.23. The second kappa shape index (κ2) is 4.94. The molecule has 1 aliphatic carbocycles. The molecule has 1 heterocycles. The summed E-state index contributed by atoms with van der Waals surface area (Å²) in [6.07, 6.45) is 8.17. The summed E-state index contributed by atoms with van der Waals surface area (Å²) < 4.78 is 23.8. The van der Waals surface area contributed by atoms with E-state index in [1.807, 2.05) is 13.0 Å². The highest BCUT2D eigenvalue weighted by atomic mass is 32.2. The van der Waals surface area contributed by atoms with Gasteiger partial charge in [0.2, 0.25) is 0 Å². The normalized spacial score (nSPS) is 23.2. The molecule has 0 spiro atoms. The third kappa shape index (κ3) is 2.96. The Morgan fingerprint density at radius 1 is 1.42 bits per heavy atom. The smallest absolute Gasteiger partial charge is 0.175 e. The molecule has 102 valence electrons. The van der Waals surface area contributed by atoms with E-state index in [-0.39, 0.29) is 11.8 Å². The van der Waals surface area contributed by atoms with Crippen molar-refractivity contribution >= 4 is 27.7 Å². The van der Waals surface area contributed by atoms with E-state index in [0.717, 1.165) is 5.69 Å². The third-order valence-corrected chi connectivity index (χ3v) is 4.71. The van der Waals surface area contributed by atoms with Crippen molar-refractivity contribution in [2.75, 3.05) is 12.0 Å². The first kappa shape index (κ1) is 14.0. The Kier molecular flexibility index (Phi) is 3.64. The van der Waals surface area contributed by atoms with Crippen LogP contribution >= 0.6 is 12.2 Å². The highest BCUT2D eigenvalue weighted by molar-refractivity contribution is 7.94. The molecule has 2 unspecified atom stereocenters. The molecule has 1 aromatic heterocycles. The minimum absolute atomic E-state index is 0.0444. The van der Waals surface area contributed by atoms with E-state index < -0.39 is 9.84 Å². The molecule has 3 N–H and O–H groups in total. The monoisotopic (exact) mass is 296 g/mol. The maximum absolute atomic E-state index is 11.6. The van der Waals surface area contributed by atoms with E-state index in [1.54, 1.807) is 24.4 Å². The van der Waals surface area contributed by atoms with Gasteiger partial charge in [0.05, 0.1) is 15.1 Å². The molecule has 0 fully saturated rings. The number of allylic oxidation sites excluding steroid dienone is 3. The van der Waals surface area contributed by atoms with Crippen LogP contribution in [0.5, 0.6) is 0 Å². The SMILES string of the molecule is CC1C=CC(S(C)(=O)=O)=CC1c1cc(=S)c(N)c[nH]1. The van der Waals surface area contributed by atoms with Gasteiger partial charge in [-0.2, -0.15) is 0 Å². The largest absolute Gasteiger partial charge is 0.396 e. The van der Waals surface area contributed by atoms with Crippen LogP contribution < -0.4 is 5.73 Å². The maximum atomic E-state index is 11.6. The fourth-order valence-electron chi connectivity index (χ4n) is 2.06. The Hall–Kier alpha value is -1.40. The molecule has 2 atom stereocenters. The van der Waals surface area contributed by atoms with Crippen molar-refractivity contribution in [1.82, 2.24) is 4.98 Å². The minimum Gasteiger partial charge on any atom is -0.396 e. The Morgan fingerprint density at radius 3 is 2.68 bits per heavy atom. The van der Waals surface area contributed by atoms with Crippen molar-refractivity contribution < 1.29 is 8.42 Å². The molecular formula is C13H16N2O2S2. The van der Waals surface area contributed by atoms with Crippen LogP contribution in [0.25, 0.3) is 0 Å². The zero-order valence-corrected chi connectivity index (χ0v) is 12.4. The number of pyridine rings is 1. The summed E-state index contributed by atoms with van der Waals surface area (Å²) in [5.74, 6) is 0.150. The first-order valence-corrected chi connectivity index (χ1v) is 8.17. The molecule has 0 saturated heterocycles. The average molecular weight is 296 g/mol. The Bertz CT molecular complexity index is 714. The van der Waals surface area contributed by atoms with Gasteiger partial charge < -0.3 is 10.7 Å². The van der Waals surface area contributed by atoms with Crippen LogP contribution in [0.2, 0.25) is 0 Å². The Balaban J connectivity index is 2.48. The number of sulfone groups is 1. The van der Waals surface area contributed by atoms with Gasteiger partial charge in [0, 0.05) is 24.1 Å². The van der Waals surface area contributed by atoms with E-state index in [4.69, 9.17) is 18.0 Å². The second-order valence-corrected chi connectivity index (χ2v) is 7.25. The van der Waals surface area contributed by atoms with Crippen LogP contribution in [0.1, 0.15) is 18.5 Å². The number of anilines is 1. The summed E-state index contributed by atoms with van der Waals surface area (Å²) in [6, 6.07) is 1.79. The molecule has 0 aliphatic heterocycles. The van der Waals surface area contributed by atoms with Crippen molar-refractivity contribution in [2.45, 2.75) is 12.8 Å². The molecule has 1 aliphatic rings. The van der Waals surface area contributed by atoms with Gasteiger partial charge in [-0.15, -0.1) is 0 Å². The minimum atomic E-state index is -3.20. The van der Waals surface area contributed by atoms with Crippen LogP contribution in [0.15, 0.2) is 35.4 Å². The molecule has 0 aromatic carbocycles. The standard InChI is InChI=1S/C13H16N2O2S2/c1-8-3-4-9(19(2,16)17)5-10(8)12-6-13(18)11(14)7-15-12/h3-8,10H,14H2,1-2H3,(H,15,18). The van der Waals surface area contributed by atoms with Gasteiger partial charge in [-0.05, 0) is 18.1 Å². The van der Waals surface area contributed by atoms with Crippen LogP contribution in [-0.2, 0) is 9.84 Å². The van der Waals surface area contributed by atoms with E-state index in [1.165, 1.54) is 6.26 Å². The number of aromatic amines is 1. The molecule has 19 heavy (non-hydrogen) atoms. The molecule has 1 aromatic rings. The summed E-state index contributed by atoms with van der Waals surface area (Å²) in [6.45, 7) is 2.03. The number of hydrogen-bond acceptors (Lipinski definition) is 4. The van der Waals surface area contributed by atoms with Crippen LogP contribution in [0.4, 0.5) is 5.69 Å². The number of H-pyrrole nitrogens is 1. The molecule has 2 rings (SSSR count). The quantitative estimate of drug-likeness (QED) is 0.822. The van der Waals surface area contributed by atoms with Crippen molar-refractivity contribution in [3.63, 3.8) is 0 Å². The van der Waals surface area contributed by atoms with Crippen molar-refractivity contribution in [3.05, 3.63) is 45.6 Å². The maximum Gasteiger partial charge on any atom is 0.175 e. The zero-order valence-electron chi connectivity index (χ0n) is 10.8. The van der Waals surface area contributed by atoms with Gasteiger partial charge in [0.1, 0.15) is 0 Å². The highest BCUT2D eigenvalue weighted by Crippen LogP contribution is 2.32. The van der Waals surface area contributed by atoms with Gasteiger partial charge in [0.25, 0.3) is 0 Å². The fraction of sp³-hybridized carbons (Fsp3) is 0.308. The summed E-state index contributed by atoms with van der Waals surface area (Å²) >= 11 is 5.15. The number of nitrogen functional groups attached to an aromatic ring is 1. The topological polar surface area (TPSA) is 75.9 Å². The summed E-state index contributed by atoms with van der Waals surface area (Å²) in [5, 5.41) is 0. The second-order valence-electron chi connectivity index (χ2n) is 4.79. The Labute approximate surface area is 118 Å². The molecular weight excluding hydrogens is 280 g/mol. The number of nitrogens with two attached hydrogens (primary N) is 1. The van der Waals surface area contributed by atoms with E-state index in [0.29, 0.717) is 15.1 Å². The zero-order chi connectivity index (χ0) is 14.2. The van der Waals surface area contributed by atoms with Gasteiger partial charge >= 0.3 is 0 Å². The summed E-state index contributed by atoms with van der Waals surface area (Å²) in [5.41, 5.74) is 7.08. The lowest BCUT2D eigenvalue weighted by Crippen LogP contribution is -2.14. The Morgan fingerprint density at radius 2 is 2.11 bits per heavy atom. The van der Waals surface area contributed by atoms with Crippen LogP contribution in [0, 0.1) is 10.4 Å². The van der Waals surface area contributed by atoms with Crippen molar-refractivity contribution in [2.24, 2.45) is 5.92 Å². The number of hydrogen-bond donors (Lipinski definition) is 2. The molecule has 4 nitrogen and oxygen atoms in total. The summed E-state index contributed by atoms with van der Waals surface area (Å²) in [4.78, 5) is 3.42. The fourth-order valence-corrected chi connectivity index (χ4v) is 2.97. The van der Waals surface area contributed by atoms with Crippen LogP contribution in [0.3, 0.4) is 0 Å². The lowest BCUT2D eigenvalue weighted by Gasteiger charge is -2.23. The molecule has 6 heteroatoms. The number of rotatable bonds is 2. The van der Waals surface area contributed by atoms with E-state index in [2.05, 4.69) is 4.98 Å². The number of aromatic nitrogens is 1. The van der Waals surface area contributed by atoms with Crippen LogP contribution in [-0.4, -0.2) is 19.7 Å². The van der Waals surface area contributed by atoms with Gasteiger partial charge in [-0.1, -0.05) is 31.3 Å². The first-order valence-electron chi connectivity index (χ1n) is 5.87. The first-order chi connectivity index (χ1) is 8.79. The average Bonchev–Trinajstić information content (AvgIpc) is 2.32. The molecule has 0 bridgehead atoms. The molecule has 0 radical (unpaired) electrons. The number of nitrogens with one attached hydrogen (secondary N) is 1. The van der Waals surface area contributed by atoms with E-state index in [9.17, 15) is 8.42 Å². The van der Waals surface area contributed by atoms with Gasteiger partial charge in [-0.25, -0.2) is 8.42 Å². The van der Waals surface area contributed by atoms with Gasteiger partial charge in [-0.3, -0.25) is 0 Å². The molecule has 0 saturated carbocycles. The lowest BCUT2D eigenvalue weighted by atomic mass is 9.87. The van der Waals surface area contributed by atoms with Crippen molar-refractivity contribution in [1.29, 1.82) is 0 Å².